The molecule has 0 bridgehead atoms. The Kier molecular flexibility index (Phi) is 6.15. The molecule has 3 unspecified atom stereocenters. The Labute approximate surface area is 127 Å². The summed E-state index contributed by atoms with van der Waals surface area (Å²) >= 11 is 0. The van der Waals surface area contributed by atoms with Crippen molar-refractivity contribution in [3.05, 3.63) is 35.6 Å². The number of hydrogen-bond donors (Lipinski definition) is 1. The molecule has 1 aliphatic heterocycles. The Morgan fingerprint density at radius 2 is 2.19 bits per heavy atom. The fourth-order valence-electron chi connectivity index (χ4n) is 3.17. The van der Waals surface area contributed by atoms with Crippen LogP contribution in [0.4, 0.5) is 4.39 Å². The van der Waals surface area contributed by atoms with Gasteiger partial charge in [-0.3, -0.25) is 0 Å². The maximum atomic E-state index is 14.0. The predicted octanol–water partition coefficient (Wildman–Crippen LogP) is 2.98. The SMILES string of the molecule is CCNC(CCN(C)C1CCOC1C)c1ccccc1F. The van der Waals surface area contributed by atoms with Crippen LogP contribution in [0.1, 0.15) is 38.3 Å². The lowest BCUT2D eigenvalue weighted by molar-refractivity contribution is 0.0823. The summed E-state index contributed by atoms with van der Waals surface area (Å²) in [5.74, 6) is -0.122. The summed E-state index contributed by atoms with van der Waals surface area (Å²) in [6.45, 7) is 6.81. The minimum absolute atomic E-state index is 0.0660. The normalized spacial score (nSPS) is 23.7. The second-order valence-electron chi connectivity index (χ2n) is 5.83. The Morgan fingerprint density at radius 1 is 1.43 bits per heavy atom. The molecule has 4 heteroatoms. The van der Waals surface area contributed by atoms with Gasteiger partial charge in [0.15, 0.2) is 0 Å². The van der Waals surface area contributed by atoms with Gasteiger partial charge in [-0.25, -0.2) is 4.39 Å². The summed E-state index contributed by atoms with van der Waals surface area (Å²) in [7, 11) is 2.14. The van der Waals surface area contributed by atoms with Crippen molar-refractivity contribution in [3.63, 3.8) is 0 Å². The third-order valence-corrected chi connectivity index (χ3v) is 4.40. The van der Waals surface area contributed by atoms with E-state index in [0.29, 0.717) is 12.1 Å². The summed E-state index contributed by atoms with van der Waals surface area (Å²) in [5, 5.41) is 3.40. The number of likely N-dealkylation sites (N-methyl/N-ethyl adjacent to an activating group) is 1. The highest BCUT2D eigenvalue weighted by molar-refractivity contribution is 5.21. The van der Waals surface area contributed by atoms with Crippen LogP contribution in [0.3, 0.4) is 0 Å². The van der Waals surface area contributed by atoms with E-state index >= 15 is 0 Å². The van der Waals surface area contributed by atoms with Crippen molar-refractivity contribution in [2.45, 2.75) is 44.9 Å². The molecule has 21 heavy (non-hydrogen) atoms. The van der Waals surface area contributed by atoms with Gasteiger partial charge in [-0.05, 0) is 39.4 Å². The van der Waals surface area contributed by atoms with Gasteiger partial charge in [-0.15, -0.1) is 0 Å². The van der Waals surface area contributed by atoms with E-state index in [1.54, 1.807) is 6.07 Å². The lowest BCUT2D eigenvalue weighted by atomic mass is 10.0. The lowest BCUT2D eigenvalue weighted by Gasteiger charge is -2.28. The van der Waals surface area contributed by atoms with Crippen molar-refractivity contribution in [1.82, 2.24) is 10.2 Å². The Hall–Kier alpha value is -0.970. The third-order valence-electron chi connectivity index (χ3n) is 4.40. The van der Waals surface area contributed by atoms with Crippen molar-refractivity contribution in [3.8, 4) is 0 Å². The molecule has 118 valence electrons. The minimum Gasteiger partial charge on any atom is -0.377 e. The van der Waals surface area contributed by atoms with Gasteiger partial charge in [-0.1, -0.05) is 25.1 Å². The van der Waals surface area contributed by atoms with Crippen LogP contribution in [0.25, 0.3) is 0 Å². The summed E-state index contributed by atoms with van der Waals surface area (Å²) in [6.07, 6.45) is 2.28. The third kappa shape index (κ3) is 4.25. The van der Waals surface area contributed by atoms with Gasteiger partial charge in [0.1, 0.15) is 5.82 Å². The highest BCUT2D eigenvalue weighted by Gasteiger charge is 2.28. The Balaban J connectivity index is 1.95. The molecule has 0 aromatic heterocycles. The second kappa shape index (κ2) is 7.87. The van der Waals surface area contributed by atoms with Crippen molar-refractivity contribution in [2.75, 3.05) is 26.7 Å². The van der Waals surface area contributed by atoms with Gasteiger partial charge in [0.2, 0.25) is 0 Å². The number of hydrogen-bond acceptors (Lipinski definition) is 3. The van der Waals surface area contributed by atoms with Gasteiger partial charge in [0, 0.05) is 30.8 Å². The van der Waals surface area contributed by atoms with Gasteiger partial charge in [-0.2, -0.15) is 0 Å². The van der Waals surface area contributed by atoms with Crippen LogP contribution < -0.4 is 5.32 Å². The van der Waals surface area contributed by atoms with Crippen molar-refractivity contribution >= 4 is 0 Å². The molecule has 1 saturated heterocycles. The maximum absolute atomic E-state index is 14.0. The monoisotopic (exact) mass is 294 g/mol. The highest BCUT2D eigenvalue weighted by atomic mass is 19.1. The molecular formula is C17H27FN2O. The van der Waals surface area contributed by atoms with Crippen molar-refractivity contribution in [2.24, 2.45) is 0 Å². The van der Waals surface area contributed by atoms with Gasteiger partial charge < -0.3 is 15.0 Å². The topological polar surface area (TPSA) is 24.5 Å². The van der Waals surface area contributed by atoms with Gasteiger partial charge >= 0.3 is 0 Å². The first-order valence-electron chi connectivity index (χ1n) is 7.93. The smallest absolute Gasteiger partial charge is 0.127 e. The molecule has 0 saturated carbocycles. The molecule has 1 fully saturated rings. The molecule has 2 rings (SSSR count). The maximum Gasteiger partial charge on any atom is 0.127 e. The van der Waals surface area contributed by atoms with E-state index in [0.717, 1.165) is 38.1 Å². The molecular weight excluding hydrogens is 267 g/mol. The van der Waals surface area contributed by atoms with Gasteiger partial charge in [0.25, 0.3) is 0 Å². The Bertz CT molecular complexity index is 441. The summed E-state index contributed by atoms with van der Waals surface area (Å²) in [4.78, 5) is 2.35. The minimum atomic E-state index is -0.122. The van der Waals surface area contributed by atoms with E-state index < -0.39 is 0 Å². The second-order valence-corrected chi connectivity index (χ2v) is 5.83. The lowest BCUT2D eigenvalue weighted by Crippen LogP contribution is -2.38. The van der Waals surface area contributed by atoms with Gasteiger partial charge in [0.05, 0.1) is 6.10 Å². The van der Waals surface area contributed by atoms with Crippen LogP contribution in [-0.2, 0) is 4.74 Å². The molecule has 1 aliphatic rings. The predicted molar refractivity (Wildman–Crippen MR) is 83.9 cm³/mol. The molecule has 0 radical (unpaired) electrons. The van der Waals surface area contributed by atoms with E-state index in [1.165, 1.54) is 6.07 Å². The molecule has 3 atom stereocenters. The average Bonchev–Trinajstić information content (AvgIpc) is 2.90. The van der Waals surface area contributed by atoms with E-state index in [9.17, 15) is 4.39 Å². The molecule has 0 amide bonds. The fraction of sp³-hybridized carbons (Fsp3) is 0.647. The molecule has 1 aromatic rings. The zero-order valence-electron chi connectivity index (χ0n) is 13.3. The van der Waals surface area contributed by atoms with E-state index in [1.807, 2.05) is 12.1 Å². The first-order chi connectivity index (χ1) is 10.1. The summed E-state index contributed by atoms with van der Waals surface area (Å²) < 4.78 is 19.6. The molecule has 1 N–H and O–H groups in total. The molecule has 0 aliphatic carbocycles. The number of halogens is 1. The average molecular weight is 294 g/mol. The fourth-order valence-corrected chi connectivity index (χ4v) is 3.17. The zero-order chi connectivity index (χ0) is 15.2. The number of nitrogens with zero attached hydrogens (tertiary/aromatic N) is 1. The molecule has 3 nitrogen and oxygen atoms in total. The number of benzene rings is 1. The largest absolute Gasteiger partial charge is 0.377 e. The van der Waals surface area contributed by atoms with Crippen molar-refractivity contribution < 1.29 is 9.13 Å². The van der Waals surface area contributed by atoms with E-state index in [-0.39, 0.29) is 11.9 Å². The highest BCUT2D eigenvalue weighted by Crippen LogP contribution is 2.23. The summed E-state index contributed by atoms with van der Waals surface area (Å²) in [5.41, 5.74) is 0.767. The van der Waals surface area contributed by atoms with Crippen LogP contribution >= 0.6 is 0 Å². The Morgan fingerprint density at radius 3 is 2.81 bits per heavy atom. The van der Waals surface area contributed by atoms with Crippen LogP contribution in [0, 0.1) is 5.82 Å². The standard InChI is InChI=1S/C17H27FN2O/c1-4-19-16(14-7-5-6-8-15(14)18)9-11-20(3)17-10-12-21-13(17)2/h5-8,13,16-17,19H,4,9-12H2,1-3H3. The molecule has 0 spiro atoms. The number of ether oxygens (including phenoxy) is 1. The zero-order valence-corrected chi connectivity index (χ0v) is 13.3. The van der Waals surface area contributed by atoms with Crippen LogP contribution in [0.5, 0.6) is 0 Å². The number of rotatable bonds is 7. The van der Waals surface area contributed by atoms with Crippen LogP contribution in [0.15, 0.2) is 24.3 Å². The first kappa shape index (κ1) is 16.4. The number of nitrogens with one attached hydrogen (secondary N) is 1. The molecule has 1 aromatic carbocycles. The van der Waals surface area contributed by atoms with Crippen LogP contribution in [0.2, 0.25) is 0 Å². The quantitative estimate of drug-likeness (QED) is 0.837. The van der Waals surface area contributed by atoms with Crippen molar-refractivity contribution in [1.29, 1.82) is 0 Å². The first-order valence-corrected chi connectivity index (χ1v) is 7.93. The van der Waals surface area contributed by atoms with E-state index in [2.05, 4.69) is 31.1 Å². The molecule has 1 heterocycles. The summed E-state index contributed by atoms with van der Waals surface area (Å²) in [6, 6.07) is 7.61. The van der Waals surface area contributed by atoms with Crippen LogP contribution in [-0.4, -0.2) is 43.8 Å². The van der Waals surface area contributed by atoms with E-state index in [4.69, 9.17) is 4.74 Å².